The number of phenolic OH excluding ortho intramolecular Hbond substituents is 1. The third-order valence-corrected chi connectivity index (χ3v) is 3.98. The lowest BCUT2D eigenvalue weighted by Crippen LogP contribution is -2.51. The largest absolute Gasteiger partial charge is 0.508 e. The van der Waals surface area contributed by atoms with E-state index in [9.17, 15) is 13.9 Å². The van der Waals surface area contributed by atoms with E-state index in [1.165, 1.54) is 12.1 Å². The van der Waals surface area contributed by atoms with Gasteiger partial charge in [0, 0.05) is 26.2 Å². The Bertz CT molecular complexity index is 485. The minimum absolute atomic E-state index is 0. The van der Waals surface area contributed by atoms with E-state index in [1.807, 2.05) is 0 Å². The number of aliphatic hydroxyl groups is 1. The molecule has 7 heteroatoms. The fraction of sp³-hybridized carbons (Fsp3) is 0.600. The maximum atomic E-state index is 14.4. The number of hydrogen-bond donors (Lipinski definition) is 3. The van der Waals surface area contributed by atoms with Crippen molar-refractivity contribution in [3.05, 3.63) is 28.8 Å². The fourth-order valence-corrected chi connectivity index (χ4v) is 3.07. The molecule has 0 aromatic heterocycles. The number of hydrogen-bond acceptors (Lipinski definition) is 4. The van der Waals surface area contributed by atoms with Crippen LogP contribution in [0.5, 0.6) is 5.75 Å². The van der Waals surface area contributed by atoms with Gasteiger partial charge in [0.25, 0.3) is 5.92 Å². The van der Waals surface area contributed by atoms with Crippen LogP contribution in [0.2, 0.25) is 0 Å². The molecular formula is C15H23ClF2N2O2. The van der Waals surface area contributed by atoms with Gasteiger partial charge >= 0.3 is 0 Å². The summed E-state index contributed by atoms with van der Waals surface area (Å²) >= 11 is 0. The lowest BCUT2D eigenvalue weighted by Gasteiger charge is -2.40. The standard InChI is InChI=1S/C15H22F2N2O2.ClH/c1-10-7-12(21)8-11(2)13(10)14(15(16,17)9-20)19-5-3-18-4-6-19;/h7-8,14,18,20-21H,3-6,9H2,1-2H3;1H/t14-;/m0./s1. The molecule has 1 aliphatic rings. The number of alkyl halides is 2. The van der Waals surface area contributed by atoms with Crippen molar-refractivity contribution in [3.8, 4) is 5.75 Å². The van der Waals surface area contributed by atoms with Crippen molar-refractivity contribution in [3.63, 3.8) is 0 Å². The first kappa shape index (κ1) is 19.1. The van der Waals surface area contributed by atoms with E-state index in [4.69, 9.17) is 5.11 Å². The predicted octanol–water partition coefficient (Wildman–Crippen LogP) is 2.00. The average Bonchev–Trinajstić information content (AvgIpc) is 2.43. The molecule has 1 saturated heterocycles. The second kappa shape index (κ2) is 7.55. The SMILES string of the molecule is Cc1cc(O)cc(C)c1[C@H](N1CCNCC1)C(F)(F)CO.Cl. The summed E-state index contributed by atoms with van der Waals surface area (Å²) in [5.74, 6) is -3.16. The van der Waals surface area contributed by atoms with Crippen LogP contribution in [0, 0.1) is 13.8 Å². The van der Waals surface area contributed by atoms with Crippen molar-refractivity contribution in [2.75, 3.05) is 32.8 Å². The number of nitrogens with zero attached hydrogens (tertiary/aromatic N) is 1. The molecule has 0 bridgehead atoms. The molecule has 1 fully saturated rings. The Morgan fingerprint density at radius 1 is 1.23 bits per heavy atom. The topological polar surface area (TPSA) is 55.7 Å². The molecule has 0 amide bonds. The van der Waals surface area contributed by atoms with Crippen LogP contribution in [0.25, 0.3) is 0 Å². The van der Waals surface area contributed by atoms with Gasteiger partial charge in [-0.3, -0.25) is 4.90 Å². The highest BCUT2D eigenvalue weighted by Crippen LogP contribution is 2.40. The number of aryl methyl sites for hydroxylation is 2. The van der Waals surface area contributed by atoms with Gasteiger partial charge in [-0.15, -0.1) is 12.4 Å². The number of aromatic hydroxyl groups is 1. The van der Waals surface area contributed by atoms with Gasteiger partial charge in [-0.2, -0.15) is 0 Å². The Morgan fingerprint density at radius 2 is 1.73 bits per heavy atom. The molecule has 1 atom stereocenters. The van der Waals surface area contributed by atoms with Crippen molar-refractivity contribution in [1.82, 2.24) is 10.2 Å². The normalized spacial score (nSPS) is 17.9. The molecule has 1 aromatic rings. The number of piperazine rings is 1. The minimum Gasteiger partial charge on any atom is -0.508 e. The number of phenols is 1. The molecular weight excluding hydrogens is 314 g/mol. The van der Waals surface area contributed by atoms with E-state index in [0.717, 1.165) is 0 Å². The number of aliphatic hydroxyl groups excluding tert-OH is 1. The van der Waals surface area contributed by atoms with E-state index >= 15 is 0 Å². The van der Waals surface area contributed by atoms with Crippen molar-refractivity contribution in [2.45, 2.75) is 25.8 Å². The Kier molecular flexibility index (Phi) is 6.55. The molecule has 0 saturated carbocycles. The maximum Gasteiger partial charge on any atom is 0.289 e. The molecule has 1 heterocycles. The van der Waals surface area contributed by atoms with Crippen LogP contribution in [-0.2, 0) is 0 Å². The molecule has 0 radical (unpaired) electrons. The zero-order valence-corrected chi connectivity index (χ0v) is 13.6. The monoisotopic (exact) mass is 336 g/mol. The number of halogens is 3. The summed E-state index contributed by atoms with van der Waals surface area (Å²) in [5.41, 5.74) is 1.72. The van der Waals surface area contributed by atoms with E-state index in [2.05, 4.69) is 5.32 Å². The molecule has 3 N–H and O–H groups in total. The first-order valence-corrected chi connectivity index (χ1v) is 7.10. The molecule has 22 heavy (non-hydrogen) atoms. The average molecular weight is 337 g/mol. The van der Waals surface area contributed by atoms with E-state index < -0.39 is 18.6 Å². The first-order chi connectivity index (χ1) is 9.86. The molecule has 4 nitrogen and oxygen atoms in total. The molecule has 2 rings (SSSR count). The van der Waals surface area contributed by atoms with Crippen molar-refractivity contribution in [1.29, 1.82) is 0 Å². The van der Waals surface area contributed by atoms with Crippen LogP contribution < -0.4 is 5.32 Å². The first-order valence-electron chi connectivity index (χ1n) is 7.10. The number of benzene rings is 1. The summed E-state index contributed by atoms with van der Waals surface area (Å²) < 4.78 is 28.7. The maximum absolute atomic E-state index is 14.4. The highest BCUT2D eigenvalue weighted by atomic mass is 35.5. The van der Waals surface area contributed by atoms with Gasteiger partial charge in [0.05, 0.1) is 0 Å². The Hall–Kier alpha value is -0.950. The van der Waals surface area contributed by atoms with Gasteiger partial charge in [0.1, 0.15) is 18.4 Å². The van der Waals surface area contributed by atoms with E-state index in [1.54, 1.807) is 18.7 Å². The van der Waals surface area contributed by atoms with E-state index in [-0.39, 0.29) is 18.2 Å². The van der Waals surface area contributed by atoms with Crippen LogP contribution >= 0.6 is 12.4 Å². The predicted molar refractivity (Wildman–Crippen MR) is 84.0 cm³/mol. The fourth-order valence-electron chi connectivity index (χ4n) is 3.07. The lowest BCUT2D eigenvalue weighted by atomic mass is 9.90. The Labute approximate surface area is 135 Å². The lowest BCUT2D eigenvalue weighted by molar-refractivity contribution is -0.119. The summed E-state index contributed by atoms with van der Waals surface area (Å²) in [6, 6.07) is 1.81. The molecule has 0 aliphatic carbocycles. The van der Waals surface area contributed by atoms with Gasteiger partial charge in [-0.1, -0.05) is 0 Å². The smallest absolute Gasteiger partial charge is 0.289 e. The van der Waals surface area contributed by atoms with Gasteiger partial charge in [-0.05, 0) is 42.7 Å². The van der Waals surface area contributed by atoms with Crippen molar-refractivity contribution in [2.24, 2.45) is 0 Å². The summed E-state index contributed by atoms with van der Waals surface area (Å²) in [7, 11) is 0. The van der Waals surface area contributed by atoms with Crippen LogP contribution in [0.15, 0.2) is 12.1 Å². The summed E-state index contributed by atoms with van der Waals surface area (Å²) in [6.45, 7) is 4.53. The summed E-state index contributed by atoms with van der Waals surface area (Å²) in [5, 5.41) is 21.9. The van der Waals surface area contributed by atoms with Crippen LogP contribution in [0.4, 0.5) is 8.78 Å². The van der Waals surface area contributed by atoms with Gasteiger partial charge in [-0.25, -0.2) is 8.78 Å². The second-order valence-corrected chi connectivity index (χ2v) is 5.60. The zero-order chi connectivity index (χ0) is 15.6. The minimum atomic E-state index is -3.23. The Balaban J connectivity index is 0.00000242. The van der Waals surface area contributed by atoms with Crippen LogP contribution in [-0.4, -0.2) is 53.8 Å². The highest BCUT2D eigenvalue weighted by Gasteiger charge is 2.45. The Morgan fingerprint density at radius 3 is 2.18 bits per heavy atom. The third kappa shape index (κ3) is 3.87. The van der Waals surface area contributed by atoms with Crippen LogP contribution in [0.3, 0.4) is 0 Å². The number of nitrogens with one attached hydrogen (secondary N) is 1. The van der Waals surface area contributed by atoms with Crippen molar-refractivity contribution >= 4 is 12.4 Å². The second-order valence-electron chi connectivity index (χ2n) is 5.60. The van der Waals surface area contributed by atoms with Gasteiger partial charge in [0.2, 0.25) is 0 Å². The van der Waals surface area contributed by atoms with Crippen molar-refractivity contribution < 1.29 is 19.0 Å². The molecule has 0 spiro atoms. The summed E-state index contributed by atoms with van der Waals surface area (Å²) in [4.78, 5) is 1.71. The van der Waals surface area contributed by atoms with Gasteiger partial charge < -0.3 is 15.5 Å². The highest BCUT2D eigenvalue weighted by molar-refractivity contribution is 5.85. The quantitative estimate of drug-likeness (QED) is 0.787. The molecule has 1 aliphatic heterocycles. The third-order valence-electron chi connectivity index (χ3n) is 3.98. The molecule has 126 valence electrons. The van der Waals surface area contributed by atoms with E-state index in [0.29, 0.717) is 42.9 Å². The summed E-state index contributed by atoms with van der Waals surface area (Å²) in [6.07, 6.45) is 0. The molecule has 1 aromatic carbocycles. The number of rotatable bonds is 4. The molecule has 0 unspecified atom stereocenters. The van der Waals surface area contributed by atoms with Crippen LogP contribution in [0.1, 0.15) is 22.7 Å². The zero-order valence-electron chi connectivity index (χ0n) is 12.8. The van der Waals surface area contributed by atoms with Gasteiger partial charge in [0.15, 0.2) is 0 Å².